The zero-order valence-corrected chi connectivity index (χ0v) is 12.0. The van der Waals surface area contributed by atoms with Crippen molar-refractivity contribution in [2.24, 2.45) is 0 Å². The van der Waals surface area contributed by atoms with E-state index in [0.717, 1.165) is 10.0 Å². The Labute approximate surface area is 121 Å². The zero-order valence-electron chi connectivity index (χ0n) is 8.92. The third kappa shape index (κ3) is 3.31. The summed E-state index contributed by atoms with van der Waals surface area (Å²) in [7, 11) is 0. The Morgan fingerprint density at radius 2 is 2.00 bits per heavy atom. The highest BCUT2D eigenvalue weighted by Gasteiger charge is 2.06. The van der Waals surface area contributed by atoms with Crippen molar-refractivity contribution in [2.45, 2.75) is 6.54 Å². The van der Waals surface area contributed by atoms with Crippen molar-refractivity contribution < 1.29 is 4.39 Å². The molecule has 7 heteroatoms. The van der Waals surface area contributed by atoms with Crippen LogP contribution in [-0.4, -0.2) is 10.2 Å². The lowest BCUT2D eigenvalue weighted by Crippen LogP contribution is -2.02. The van der Waals surface area contributed by atoms with Gasteiger partial charge in [0.15, 0.2) is 10.3 Å². The van der Waals surface area contributed by atoms with Crippen molar-refractivity contribution in [3.05, 3.63) is 50.4 Å². The van der Waals surface area contributed by atoms with Crippen LogP contribution in [0.25, 0.3) is 0 Å². The summed E-state index contributed by atoms with van der Waals surface area (Å²) in [5.74, 6) is -0.299. The molecule has 18 heavy (non-hydrogen) atoms. The van der Waals surface area contributed by atoms with Gasteiger partial charge in [-0.05, 0) is 23.8 Å². The summed E-state index contributed by atoms with van der Waals surface area (Å²) in [6.07, 6.45) is 0. The van der Waals surface area contributed by atoms with Crippen molar-refractivity contribution in [3.8, 4) is 0 Å². The SMILES string of the molecule is Fc1ccc(Br)c(CNc2cc(Cl)nnc2Cl)c1. The van der Waals surface area contributed by atoms with Crippen molar-refractivity contribution in [1.82, 2.24) is 10.2 Å². The second-order valence-electron chi connectivity index (χ2n) is 3.46. The third-order valence-electron chi connectivity index (χ3n) is 2.20. The molecular formula is C11H7BrCl2FN3. The fraction of sp³-hybridized carbons (Fsp3) is 0.0909. The molecule has 0 aliphatic rings. The molecule has 0 spiro atoms. The first-order chi connectivity index (χ1) is 8.56. The van der Waals surface area contributed by atoms with Gasteiger partial charge in [0.05, 0.1) is 5.69 Å². The smallest absolute Gasteiger partial charge is 0.174 e. The monoisotopic (exact) mass is 349 g/mol. The van der Waals surface area contributed by atoms with Gasteiger partial charge in [-0.1, -0.05) is 39.1 Å². The molecule has 2 aromatic rings. The van der Waals surface area contributed by atoms with E-state index >= 15 is 0 Å². The molecule has 1 aromatic carbocycles. The standard InChI is InChI=1S/C11H7BrCl2FN3/c12-8-2-1-7(15)3-6(8)5-16-9-4-10(13)17-18-11(9)14/h1-4H,5H2,(H,16,17). The summed E-state index contributed by atoms with van der Waals surface area (Å²) < 4.78 is 13.9. The van der Waals surface area contributed by atoms with E-state index in [0.29, 0.717) is 12.2 Å². The van der Waals surface area contributed by atoms with Gasteiger partial charge in [0.25, 0.3) is 0 Å². The number of anilines is 1. The number of nitrogens with zero attached hydrogens (tertiary/aromatic N) is 2. The summed E-state index contributed by atoms with van der Waals surface area (Å²) in [6.45, 7) is 0.389. The van der Waals surface area contributed by atoms with Crippen LogP contribution in [0, 0.1) is 5.82 Å². The van der Waals surface area contributed by atoms with E-state index < -0.39 is 0 Å². The van der Waals surface area contributed by atoms with Gasteiger partial charge in [0, 0.05) is 17.1 Å². The zero-order chi connectivity index (χ0) is 13.1. The molecule has 1 N–H and O–H groups in total. The Bertz CT molecular complexity index is 529. The molecule has 0 saturated heterocycles. The van der Waals surface area contributed by atoms with E-state index in [-0.39, 0.29) is 16.1 Å². The molecule has 1 heterocycles. The molecule has 2 rings (SSSR count). The highest BCUT2D eigenvalue weighted by molar-refractivity contribution is 9.10. The van der Waals surface area contributed by atoms with Crippen LogP contribution in [0.15, 0.2) is 28.7 Å². The Balaban J connectivity index is 2.16. The maximum atomic E-state index is 13.1. The Hall–Kier alpha value is -0.910. The first-order valence-corrected chi connectivity index (χ1v) is 6.47. The summed E-state index contributed by atoms with van der Waals surface area (Å²) in [6, 6.07) is 6.02. The first kappa shape index (κ1) is 13.5. The minimum absolute atomic E-state index is 0.215. The van der Waals surface area contributed by atoms with Crippen LogP contribution in [0.4, 0.5) is 10.1 Å². The fourth-order valence-corrected chi connectivity index (χ4v) is 2.04. The average Bonchev–Trinajstić information content (AvgIpc) is 2.34. The van der Waals surface area contributed by atoms with Crippen LogP contribution in [0.1, 0.15) is 5.56 Å². The van der Waals surface area contributed by atoms with Gasteiger partial charge < -0.3 is 5.32 Å². The van der Waals surface area contributed by atoms with E-state index in [9.17, 15) is 4.39 Å². The highest BCUT2D eigenvalue weighted by atomic mass is 79.9. The largest absolute Gasteiger partial charge is 0.378 e. The number of halogens is 4. The topological polar surface area (TPSA) is 37.8 Å². The van der Waals surface area contributed by atoms with Crippen LogP contribution in [0.3, 0.4) is 0 Å². The van der Waals surface area contributed by atoms with E-state index in [1.807, 2.05) is 0 Å². The van der Waals surface area contributed by atoms with Crippen molar-refractivity contribution in [2.75, 3.05) is 5.32 Å². The highest BCUT2D eigenvalue weighted by Crippen LogP contribution is 2.23. The Kier molecular flexibility index (Phi) is 4.37. The van der Waals surface area contributed by atoms with Gasteiger partial charge in [-0.25, -0.2) is 4.39 Å². The van der Waals surface area contributed by atoms with Gasteiger partial charge in [0.2, 0.25) is 0 Å². The minimum atomic E-state index is -0.299. The van der Waals surface area contributed by atoms with Crippen LogP contribution in [0.5, 0.6) is 0 Å². The molecule has 0 radical (unpaired) electrons. The quantitative estimate of drug-likeness (QED) is 0.896. The maximum absolute atomic E-state index is 13.1. The lowest BCUT2D eigenvalue weighted by Gasteiger charge is -2.09. The number of hydrogen-bond acceptors (Lipinski definition) is 3. The molecule has 0 saturated carbocycles. The number of aromatic nitrogens is 2. The summed E-state index contributed by atoms with van der Waals surface area (Å²) in [5.41, 5.74) is 1.31. The molecule has 0 bridgehead atoms. The number of rotatable bonds is 3. The first-order valence-electron chi connectivity index (χ1n) is 4.93. The van der Waals surface area contributed by atoms with Crippen LogP contribution in [-0.2, 0) is 6.54 Å². The second-order valence-corrected chi connectivity index (χ2v) is 5.06. The van der Waals surface area contributed by atoms with Gasteiger partial charge in [0.1, 0.15) is 5.82 Å². The van der Waals surface area contributed by atoms with Gasteiger partial charge in [-0.2, -0.15) is 0 Å². The fourth-order valence-electron chi connectivity index (χ4n) is 1.35. The van der Waals surface area contributed by atoms with Gasteiger partial charge in [-0.15, -0.1) is 10.2 Å². The van der Waals surface area contributed by atoms with E-state index in [1.54, 1.807) is 12.1 Å². The average molecular weight is 351 g/mol. The predicted molar refractivity (Wildman–Crippen MR) is 73.5 cm³/mol. The third-order valence-corrected chi connectivity index (χ3v) is 3.43. The molecule has 94 valence electrons. The molecule has 0 fully saturated rings. The molecule has 1 aromatic heterocycles. The lowest BCUT2D eigenvalue weighted by atomic mass is 10.2. The molecular weight excluding hydrogens is 344 g/mol. The maximum Gasteiger partial charge on any atom is 0.174 e. The Morgan fingerprint density at radius 1 is 1.22 bits per heavy atom. The van der Waals surface area contributed by atoms with Gasteiger partial charge in [-0.3, -0.25) is 0 Å². The van der Waals surface area contributed by atoms with Gasteiger partial charge >= 0.3 is 0 Å². The van der Waals surface area contributed by atoms with E-state index in [1.165, 1.54) is 12.1 Å². The molecule has 0 aliphatic carbocycles. The van der Waals surface area contributed by atoms with Crippen molar-refractivity contribution in [3.63, 3.8) is 0 Å². The van der Waals surface area contributed by atoms with E-state index in [2.05, 4.69) is 31.4 Å². The molecule has 0 unspecified atom stereocenters. The van der Waals surface area contributed by atoms with E-state index in [4.69, 9.17) is 23.2 Å². The number of benzene rings is 1. The number of hydrogen-bond donors (Lipinski definition) is 1. The normalized spacial score (nSPS) is 10.4. The summed E-state index contributed by atoms with van der Waals surface area (Å²) >= 11 is 14.9. The Morgan fingerprint density at radius 3 is 2.78 bits per heavy atom. The van der Waals surface area contributed by atoms with Crippen LogP contribution < -0.4 is 5.32 Å². The predicted octanol–water partition coefficient (Wildman–Crippen LogP) is 4.30. The molecule has 0 aliphatic heterocycles. The van der Waals surface area contributed by atoms with Crippen molar-refractivity contribution >= 4 is 44.8 Å². The van der Waals surface area contributed by atoms with Crippen molar-refractivity contribution in [1.29, 1.82) is 0 Å². The lowest BCUT2D eigenvalue weighted by molar-refractivity contribution is 0.625. The van der Waals surface area contributed by atoms with Crippen LogP contribution >= 0.6 is 39.1 Å². The van der Waals surface area contributed by atoms with Crippen LogP contribution in [0.2, 0.25) is 10.3 Å². The second kappa shape index (κ2) is 5.82. The summed E-state index contributed by atoms with van der Waals surface area (Å²) in [4.78, 5) is 0. The molecule has 0 amide bonds. The molecule has 3 nitrogen and oxygen atoms in total. The number of nitrogens with one attached hydrogen (secondary N) is 1. The molecule has 0 atom stereocenters. The summed E-state index contributed by atoms with van der Waals surface area (Å²) in [5, 5.41) is 10.7. The minimum Gasteiger partial charge on any atom is -0.378 e.